The van der Waals surface area contributed by atoms with Gasteiger partial charge in [-0.2, -0.15) is 0 Å². The minimum absolute atomic E-state index is 0.0733. The van der Waals surface area contributed by atoms with Crippen LogP contribution in [0.4, 0.5) is 4.79 Å². The summed E-state index contributed by atoms with van der Waals surface area (Å²) in [7, 11) is 3.67. The molecule has 2 aromatic carbocycles. The number of hydrogen-bond acceptors (Lipinski definition) is 5. The molecule has 3 rings (SSSR count). The second-order valence-electron chi connectivity index (χ2n) is 8.26. The van der Waals surface area contributed by atoms with Gasteiger partial charge in [0, 0.05) is 25.2 Å². The molecule has 2 aromatic rings. The van der Waals surface area contributed by atoms with Crippen molar-refractivity contribution in [3.63, 3.8) is 0 Å². The van der Waals surface area contributed by atoms with E-state index in [4.69, 9.17) is 9.73 Å². The van der Waals surface area contributed by atoms with Gasteiger partial charge in [-0.1, -0.05) is 60.7 Å². The zero-order valence-electron chi connectivity index (χ0n) is 18.0. The maximum Gasteiger partial charge on any atom is 0.416 e. The van der Waals surface area contributed by atoms with Gasteiger partial charge in [-0.3, -0.25) is 9.69 Å². The molecular formula is C24H27N3O3. The molecule has 0 radical (unpaired) electrons. The van der Waals surface area contributed by atoms with E-state index in [0.717, 1.165) is 5.56 Å². The lowest BCUT2D eigenvalue weighted by atomic mass is 10.0. The third kappa shape index (κ3) is 4.76. The number of amides is 1. The lowest BCUT2D eigenvalue weighted by Gasteiger charge is -2.33. The van der Waals surface area contributed by atoms with Crippen LogP contribution in [0, 0.1) is 0 Å². The Morgan fingerprint density at radius 1 is 0.967 bits per heavy atom. The summed E-state index contributed by atoms with van der Waals surface area (Å²) in [4.78, 5) is 34.3. The molecule has 1 amide bonds. The van der Waals surface area contributed by atoms with E-state index in [1.54, 1.807) is 17.0 Å². The fraction of sp³-hybridized carbons (Fsp3) is 0.292. The molecule has 156 valence electrons. The number of ketones is 1. The monoisotopic (exact) mass is 405 g/mol. The van der Waals surface area contributed by atoms with Crippen molar-refractivity contribution in [2.45, 2.75) is 26.4 Å². The maximum atomic E-state index is 13.3. The SMILES string of the molecule is CN(C)C1=C(C(=O)c2ccccc2)CN(C(=O)OC(C)(C)C)C(c2ccccc2)=N1. The molecule has 30 heavy (non-hydrogen) atoms. The van der Waals surface area contributed by atoms with Gasteiger partial charge in [0.25, 0.3) is 0 Å². The fourth-order valence-corrected chi connectivity index (χ4v) is 3.11. The van der Waals surface area contributed by atoms with E-state index >= 15 is 0 Å². The first-order valence-electron chi connectivity index (χ1n) is 9.82. The Morgan fingerprint density at radius 2 is 1.53 bits per heavy atom. The number of carbonyl (C=O) groups excluding carboxylic acids is 2. The molecule has 0 aliphatic carbocycles. The van der Waals surface area contributed by atoms with E-state index in [9.17, 15) is 9.59 Å². The van der Waals surface area contributed by atoms with Crippen LogP contribution in [0.1, 0.15) is 36.7 Å². The van der Waals surface area contributed by atoms with E-state index in [1.807, 2.05) is 83.4 Å². The Kier molecular flexibility index (Phi) is 6.06. The summed E-state index contributed by atoms with van der Waals surface area (Å²) >= 11 is 0. The largest absolute Gasteiger partial charge is 0.443 e. The molecule has 1 aliphatic rings. The van der Waals surface area contributed by atoms with Crippen LogP contribution in [-0.2, 0) is 4.74 Å². The van der Waals surface area contributed by atoms with Gasteiger partial charge in [-0.25, -0.2) is 9.79 Å². The standard InChI is InChI=1S/C24H27N3O3/c1-24(2,3)30-23(29)27-16-19(20(28)17-12-8-6-9-13-17)22(26(4)5)25-21(27)18-14-10-7-11-15-18/h6-15H,16H2,1-5H3. The van der Waals surface area contributed by atoms with E-state index in [-0.39, 0.29) is 12.3 Å². The van der Waals surface area contributed by atoms with Gasteiger partial charge in [0.15, 0.2) is 5.78 Å². The average molecular weight is 405 g/mol. The third-order valence-electron chi connectivity index (χ3n) is 4.43. The Morgan fingerprint density at radius 3 is 2.07 bits per heavy atom. The number of aliphatic imine (C=N–C) groups is 1. The van der Waals surface area contributed by atoms with E-state index in [2.05, 4.69) is 0 Å². The highest BCUT2D eigenvalue weighted by Crippen LogP contribution is 2.25. The Bertz CT molecular complexity index is 987. The van der Waals surface area contributed by atoms with Crippen molar-refractivity contribution in [1.29, 1.82) is 0 Å². The zero-order valence-corrected chi connectivity index (χ0v) is 18.0. The van der Waals surface area contributed by atoms with Crippen molar-refractivity contribution in [3.05, 3.63) is 83.2 Å². The summed E-state index contributed by atoms with van der Waals surface area (Å²) in [5, 5.41) is 0. The second-order valence-corrected chi connectivity index (χ2v) is 8.26. The quantitative estimate of drug-likeness (QED) is 0.710. The van der Waals surface area contributed by atoms with Gasteiger partial charge < -0.3 is 9.64 Å². The zero-order chi connectivity index (χ0) is 21.9. The van der Waals surface area contributed by atoms with E-state index < -0.39 is 11.7 Å². The van der Waals surface area contributed by atoms with Gasteiger partial charge in [0.05, 0.1) is 12.1 Å². The summed E-state index contributed by atoms with van der Waals surface area (Å²) in [5.74, 6) is 0.824. The van der Waals surface area contributed by atoms with Crippen LogP contribution in [-0.4, -0.2) is 53.8 Å². The summed E-state index contributed by atoms with van der Waals surface area (Å²) in [5.41, 5.74) is 1.09. The number of hydrogen-bond donors (Lipinski definition) is 0. The number of ether oxygens (including phenoxy) is 1. The van der Waals surface area contributed by atoms with Gasteiger partial charge in [-0.05, 0) is 20.8 Å². The van der Waals surface area contributed by atoms with E-state index in [1.165, 1.54) is 4.90 Å². The Hall–Kier alpha value is -3.41. The number of Topliss-reactive ketones (excluding diaryl/α,β-unsaturated/α-hetero) is 1. The Labute approximate surface area is 177 Å². The third-order valence-corrected chi connectivity index (χ3v) is 4.43. The van der Waals surface area contributed by atoms with Crippen LogP contribution >= 0.6 is 0 Å². The molecule has 6 heteroatoms. The molecule has 0 aromatic heterocycles. The van der Waals surface area contributed by atoms with Gasteiger partial charge in [0.1, 0.15) is 17.3 Å². The normalized spacial score (nSPS) is 14.3. The molecule has 0 fully saturated rings. The summed E-state index contributed by atoms with van der Waals surface area (Å²) in [6.45, 7) is 5.51. The highest BCUT2D eigenvalue weighted by molar-refractivity contribution is 6.14. The molecule has 0 N–H and O–H groups in total. The first-order valence-corrected chi connectivity index (χ1v) is 9.82. The number of amidine groups is 1. The Balaban J connectivity index is 2.12. The molecule has 6 nitrogen and oxygen atoms in total. The molecule has 0 saturated carbocycles. The summed E-state index contributed by atoms with van der Waals surface area (Å²) < 4.78 is 5.62. The van der Waals surface area contributed by atoms with Crippen molar-refractivity contribution in [3.8, 4) is 0 Å². The predicted octanol–water partition coefficient (Wildman–Crippen LogP) is 4.34. The van der Waals surface area contributed by atoms with E-state index in [0.29, 0.717) is 22.8 Å². The molecule has 1 heterocycles. The van der Waals surface area contributed by atoms with Crippen molar-refractivity contribution in [1.82, 2.24) is 9.80 Å². The van der Waals surface area contributed by atoms with Crippen LogP contribution in [0.2, 0.25) is 0 Å². The summed E-state index contributed by atoms with van der Waals surface area (Å²) in [6.07, 6.45) is -0.540. The maximum absolute atomic E-state index is 13.3. The molecule has 0 saturated heterocycles. The predicted molar refractivity (Wildman–Crippen MR) is 117 cm³/mol. The van der Waals surface area contributed by atoms with Crippen LogP contribution < -0.4 is 0 Å². The molecule has 0 bridgehead atoms. The molecular weight excluding hydrogens is 378 g/mol. The second kappa shape index (κ2) is 8.53. The highest BCUT2D eigenvalue weighted by Gasteiger charge is 2.34. The lowest BCUT2D eigenvalue weighted by molar-refractivity contribution is 0.0378. The molecule has 0 atom stereocenters. The van der Waals surface area contributed by atoms with Crippen LogP contribution in [0.25, 0.3) is 0 Å². The smallest absolute Gasteiger partial charge is 0.416 e. The van der Waals surface area contributed by atoms with Gasteiger partial charge in [-0.15, -0.1) is 0 Å². The van der Waals surface area contributed by atoms with Crippen molar-refractivity contribution in [2.75, 3.05) is 20.6 Å². The van der Waals surface area contributed by atoms with Crippen LogP contribution in [0.5, 0.6) is 0 Å². The number of nitrogens with zero attached hydrogens (tertiary/aromatic N) is 3. The first kappa shape index (κ1) is 21.3. The molecule has 0 unspecified atom stereocenters. The minimum Gasteiger partial charge on any atom is -0.443 e. The number of rotatable bonds is 4. The number of carbonyl (C=O) groups is 2. The minimum atomic E-state index is -0.673. The van der Waals surface area contributed by atoms with Crippen LogP contribution in [0.15, 0.2) is 77.1 Å². The van der Waals surface area contributed by atoms with Crippen molar-refractivity contribution < 1.29 is 14.3 Å². The molecule has 1 aliphatic heterocycles. The number of benzene rings is 2. The first-order chi connectivity index (χ1) is 14.2. The average Bonchev–Trinajstić information content (AvgIpc) is 2.72. The van der Waals surface area contributed by atoms with Crippen molar-refractivity contribution in [2.24, 2.45) is 4.99 Å². The van der Waals surface area contributed by atoms with Gasteiger partial charge >= 0.3 is 6.09 Å². The molecule has 0 spiro atoms. The van der Waals surface area contributed by atoms with Crippen LogP contribution in [0.3, 0.4) is 0 Å². The fourth-order valence-electron chi connectivity index (χ4n) is 3.11. The van der Waals surface area contributed by atoms with Gasteiger partial charge in [0.2, 0.25) is 0 Å². The topological polar surface area (TPSA) is 62.2 Å². The lowest BCUT2D eigenvalue weighted by Crippen LogP contribution is -2.46. The van der Waals surface area contributed by atoms with Crippen molar-refractivity contribution >= 4 is 17.7 Å². The summed E-state index contributed by atoms with van der Waals surface area (Å²) in [6, 6.07) is 18.4. The highest BCUT2D eigenvalue weighted by atomic mass is 16.6.